The van der Waals surface area contributed by atoms with Gasteiger partial charge in [-0.15, -0.1) is 0 Å². The van der Waals surface area contributed by atoms with Crippen molar-refractivity contribution in [3.63, 3.8) is 0 Å². The lowest BCUT2D eigenvalue weighted by Gasteiger charge is -2.36. The van der Waals surface area contributed by atoms with Crippen molar-refractivity contribution in [3.8, 4) is 0 Å². The van der Waals surface area contributed by atoms with E-state index >= 15 is 0 Å². The molecule has 0 amide bonds. The van der Waals surface area contributed by atoms with Gasteiger partial charge in [0.2, 0.25) is 0 Å². The number of hydrogen-bond acceptors (Lipinski definition) is 2. The molecular formula is C16H32N2. The number of hydrogen-bond donors (Lipinski definition) is 1. The number of likely N-dealkylation sites (tertiary alicyclic amines) is 1. The van der Waals surface area contributed by atoms with Gasteiger partial charge in [0.15, 0.2) is 0 Å². The summed E-state index contributed by atoms with van der Waals surface area (Å²) >= 11 is 0. The summed E-state index contributed by atoms with van der Waals surface area (Å²) in [7, 11) is 0. The van der Waals surface area contributed by atoms with Crippen LogP contribution in [0.3, 0.4) is 0 Å². The van der Waals surface area contributed by atoms with Gasteiger partial charge in [-0.2, -0.15) is 0 Å². The van der Waals surface area contributed by atoms with E-state index in [2.05, 4.69) is 31.0 Å². The summed E-state index contributed by atoms with van der Waals surface area (Å²) in [6.07, 6.45) is 8.36. The second-order valence-electron chi connectivity index (χ2n) is 6.73. The Balaban J connectivity index is 1.78. The third-order valence-corrected chi connectivity index (χ3v) is 5.15. The van der Waals surface area contributed by atoms with E-state index in [4.69, 9.17) is 0 Å². The van der Waals surface area contributed by atoms with Crippen LogP contribution in [0, 0.1) is 11.8 Å². The third-order valence-electron chi connectivity index (χ3n) is 5.15. The molecule has 1 heterocycles. The average Bonchev–Trinajstić information content (AvgIpc) is 2.58. The minimum atomic E-state index is 0.780. The molecule has 1 aliphatic carbocycles. The Kier molecular flexibility index (Phi) is 5.50. The van der Waals surface area contributed by atoms with Crippen LogP contribution in [-0.4, -0.2) is 36.6 Å². The van der Waals surface area contributed by atoms with Crippen molar-refractivity contribution < 1.29 is 0 Å². The third kappa shape index (κ3) is 3.96. The van der Waals surface area contributed by atoms with Crippen molar-refractivity contribution in [2.24, 2.45) is 11.8 Å². The fourth-order valence-corrected chi connectivity index (χ4v) is 3.85. The second-order valence-corrected chi connectivity index (χ2v) is 6.73. The van der Waals surface area contributed by atoms with E-state index in [1.165, 1.54) is 58.2 Å². The van der Waals surface area contributed by atoms with Gasteiger partial charge in [0.05, 0.1) is 0 Å². The van der Waals surface area contributed by atoms with Crippen molar-refractivity contribution in [2.45, 2.75) is 71.4 Å². The molecule has 0 aromatic rings. The molecule has 1 saturated carbocycles. The van der Waals surface area contributed by atoms with E-state index < -0.39 is 0 Å². The molecule has 1 saturated heterocycles. The van der Waals surface area contributed by atoms with Crippen molar-refractivity contribution >= 4 is 0 Å². The van der Waals surface area contributed by atoms with E-state index in [9.17, 15) is 0 Å². The van der Waals surface area contributed by atoms with Crippen LogP contribution in [0.1, 0.15) is 59.3 Å². The highest BCUT2D eigenvalue weighted by molar-refractivity contribution is 4.85. The topological polar surface area (TPSA) is 15.3 Å². The maximum absolute atomic E-state index is 3.99. The molecular weight excluding hydrogens is 220 g/mol. The van der Waals surface area contributed by atoms with Gasteiger partial charge in [0, 0.05) is 12.1 Å². The molecule has 4 atom stereocenters. The van der Waals surface area contributed by atoms with Gasteiger partial charge in [-0.1, -0.05) is 20.8 Å². The SMILES string of the molecule is CCN1CCCC(NC2CCC(C)CC2C)CC1. The van der Waals surface area contributed by atoms with E-state index in [1.54, 1.807) is 0 Å². The standard InChI is InChI=1S/C16H32N2/c1-4-18-10-5-6-15(9-11-18)17-16-8-7-13(2)12-14(16)3/h13-17H,4-12H2,1-3H3. The average molecular weight is 252 g/mol. The molecule has 18 heavy (non-hydrogen) atoms. The highest BCUT2D eigenvalue weighted by Crippen LogP contribution is 2.29. The Morgan fingerprint density at radius 1 is 1.06 bits per heavy atom. The number of nitrogens with zero attached hydrogens (tertiary/aromatic N) is 1. The first-order chi connectivity index (χ1) is 8.69. The zero-order valence-electron chi connectivity index (χ0n) is 12.6. The monoisotopic (exact) mass is 252 g/mol. The molecule has 106 valence electrons. The molecule has 0 aromatic heterocycles. The smallest absolute Gasteiger partial charge is 0.00954 e. The molecule has 2 rings (SSSR count). The first kappa shape index (κ1) is 14.3. The van der Waals surface area contributed by atoms with Crippen molar-refractivity contribution in [2.75, 3.05) is 19.6 Å². The molecule has 4 unspecified atom stereocenters. The van der Waals surface area contributed by atoms with Crippen molar-refractivity contribution in [1.82, 2.24) is 10.2 Å². The van der Waals surface area contributed by atoms with Gasteiger partial charge < -0.3 is 10.2 Å². The lowest BCUT2D eigenvalue weighted by Crippen LogP contribution is -2.45. The quantitative estimate of drug-likeness (QED) is 0.829. The van der Waals surface area contributed by atoms with Crippen LogP contribution in [-0.2, 0) is 0 Å². The molecule has 0 aromatic carbocycles. The second kappa shape index (κ2) is 6.91. The van der Waals surface area contributed by atoms with Crippen LogP contribution in [0.4, 0.5) is 0 Å². The van der Waals surface area contributed by atoms with Crippen LogP contribution in [0.2, 0.25) is 0 Å². The Labute approximate surface area is 114 Å². The highest BCUT2D eigenvalue weighted by Gasteiger charge is 2.27. The summed E-state index contributed by atoms with van der Waals surface area (Å²) in [5, 5.41) is 3.99. The first-order valence-electron chi connectivity index (χ1n) is 8.17. The van der Waals surface area contributed by atoms with Gasteiger partial charge in [-0.3, -0.25) is 0 Å². The van der Waals surface area contributed by atoms with Crippen LogP contribution in [0.5, 0.6) is 0 Å². The van der Waals surface area contributed by atoms with Gasteiger partial charge in [-0.05, 0) is 70.0 Å². The highest BCUT2D eigenvalue weighted by atomic mass is 15.1. The van der Waals surface area contributed by atoms with Crippen LogP contribution < -0.4 is 5.32 Å². The van der Waals surface area contributed by atoms with E-state index in [-0.39, 0.29) is 0 Å². The lowest BCUT2D eigenvalue weighted by atomic mass is 9.79. The number of rotatable bonds is 3. The number of nitrogens with one attached hydrogen (secondary N) is 1. The summed E-state index contributed by atoms with van der Waals surface area (Å²) < 4.78 is 0. The fourth-order valence-electron chi connectivity index (χ4n) is 3.85. The maximum atomic E-state index is 3.99. The minimum absolute atomic E-state index is 0.780. The first-order valence-corrected chi connectivity index (χ1v) is 8.17. The van der Waals surface area contributed by atoms with E-state index in [0.29, 0.717) is 0 Å². The Morgan fingerprint density at radius 2 is 1.89 bits per heavy atom. The molecule has 2 aliphatic rings. The molecule has 1 aliphatic heterocycles. The zero-order chi connectivity index (χ0) is 13.0. The van der Waals surface area contributed by atoms with E-state index in [0.717, 1.165) is 23.9 Å². The van der Waals surface area contributed by atoms with Gasteiger partial charge in [0.25, 0.3) is 0 Å². The Hall–Kier alpha value is -0.0800. The normalized spacial score (nSPS) is 39.5. The predicted molar refractivity (Wildman–Crippen MR) is 78.9 cm³/mol. The van der Waals surface area contributed by atoms with Gasteiger partial charge in [-0.25, -0.2) is 0 Å². The Morgan fingerprint density at radius 3 is 2.61 bits per heavy atom. The van der Waals surface area contributed by atoms with Gasteiger partial charge in [0.1, 0.15) is 0 Å². The van der Waals surface area contributed by atoms with Crippen LogP contribution in [0.15, 0.2) is 0 Å². The van der Waals surface area contributed by atoms with Crippen molar-refractivity contribution in [3.05, 3.63) is 0 Å². The molecule has 2 fully saturated rings. The van der Waals surface area contributed by atoms with Crippen LogP contribution in [0.25, 0.3) is 0 Å². The summed E-state index contributed by atoms with van der Waals surface area (Å²) in [6.45, 7) is 11.0. The van der Waals surface area contributed by atoms with E-state index in [1.807, 2.05) is 0 Å². The predicted octanol–water partition coefficient (Wildman–Crippen LogP) is 3.28. The minimum Gasteiger partial charge on any atom is -0.311 e. The molecule has 2 nitrogen and oxygen atoms in total. The summed E-state index contributed by atoms with van der Waals surface area (Å²) in [6, 6.07) is 1.57. The maximum Gasteiger partial charge on any atom is 0.00954 e. The van der Waals surface area contributed by atoms with Crippen molar-refractivity contribution in [1.29, 1.82) is 0 Å². The largest absolute Gasteiger partial charge is 0.311 e. The molecule has 1 N–H and O–H groups in total. The summed E-state index contributed by atoms with van der Waals surface area (Å²) in [4.78, 5) is 2.61. The van der Waals surface area contributed by atoms with Gasteiger partial charge >= 0.3 is 0 Å². The molecule has 0 spiro atoms. The van der Waals surface area contributed by atoms with Crippen LogP contribution >= 0.6 is 0 Å². The molecule has 2 heteroatoms. The lowest BCUT2D eigenvalue weighted by molar-refractivity contribution is 0.207. The summed E-state index contributed by atoms with van der Waals surface area (Å²) in [5.74, 6) is 1.82. The molecule has 0 radical (unpaired) electrons. The summed E-state index contributed by atoms with van der Waals surface area (Å²) in [5.41, 5.74) is 0. The Bertz CT molecular complexity index is 241. The zero-order valence-corrected chi connectivity index (χ0v) is 12.6. The molecule has 0 bridgehead atoms. The fraction of sp³-hybridized carbons (Fsp3) is 1.00.